The van der Waals surface area contributed by atoms with Gasteiger partial charge in [-0.25, -0.2) is 0 Å². The van der Waals surface area contributed by atoms with Crippen LogP contribution < -0.4 is 9.64 Å². The van der Waals surface area contributed by atoms with Crippen LogP contribution in [-0.4, -0.2) is 54.2 Å². The van der Waals surface area contributed by atoms with Crippen molar-refractivity contribution in [2.24, 2.45) is 0 Å². The fraction of sp³-hybridized carbons (Fsp3) is 0.318. The van der Waals surface area contributed by atoms with Crippen molar-refractivity contribution in [3.05, 3.63) is 58.9 Å². The van der Waals surface area contributed by atoms with Gasteiger partial charge in [0.1, 0.15) is 5.75 Å². The maximum Gasteiger partial charge on any atom is 0.227 e. The molecule has 30 heavy (non-hydrogen) atoms. The van der Waals surface area contributed by atoms with Crippen LogP contribution in [0.25, 0.3) is 11.4 Å². The van der Waals surface area contributed by atoms with Crippen molar-refractivity contribution >= 4 is 27.5 Å². The predicted octanol–water partition coefficient (Wildman–Crippen LogP) is 3.79. The molecule has 1 amide bonds. The fourth-order valence-electron chi connectivity index (χ4n) is 3.47. The average Bonchev–Trinajstić information content (AvgIpc) is 3.27. The van der Waals surface area contributed by atoms with Gasteiger partial charge >= 0.3 is 0 Å². The van der Waals surface area contributed by atoms with E-state index in [2.05, 4.69) is 43.1 Å². The molecule has 1 saturated heterocycles. The lowest BCUT2D eigenvalue weighted by molar-refractivity contribution is -0.131. The van der Waals surface area contributed by atoms with E-state index in [0.29, 0.717) is 37.6 Å². The summed E-state index contributed by atoms with van der Waals surface area (Å²) in [7, 11) is 1.62. The van der Waals surface area contributed by atoms with Crippen LogP contribution in [0.5, 0.6) is 5.75 Å². The number of carbonyl (C=O) groups is 1. The minimum Gasteiger partial charge on any atom is -0.497 e. The zero-order valence-corrected chi connectivity index (χ0v) is 18.3. The summed E-state index contributed by atoms with van der Waals surface area (Å²) in [5, 5.41) is 4.02. The molecule has 0 N–H and O–H groups in total. The second kappa shape index (κ2) is 9.30. The first kappa shape index (κ1) is 20.4. The van der Waals surface area contributed by atoms with Crippen LogP contribution in [0.1, 0.15) is 12.3 Å². The van der Waals surface area contributed by atoms with Crippen LogP contribution >= 0.6 is 15.9 Å². The normalized spacial score (nSPS) is 14.1. The summed E-state index contributed by atoms with van der Waals surface area (Å²) in [5.74, 6) is 1.88. The van der Waals surface area contributed by atoms with E-state index in [-0.39, 0.29) is 5.91 Å². The van der Waals surface area contributed by atoms with Crippen LogP contribution in [0.2, 0.25) is 0 Å². The number of rotatable bonds is 6. The molecule has 0 bridgehead atoms. The lowest BCUT2D eigenvalue weighted by Gasteiger charge is -2.36. The Morgan fingerprint density at radius 1 is 1.13 bits per heavy atom. The summed E-state index contributed by atoms with van der Waals surface area (Å²) >= 11 is 3.51. The van der Waals surface area contributed by atoms with E-state index < -0.39 is 0 Å². The lowest BCUT2D eigenvalue weighted by Crippen LogP contribution is -2.48. The van der Waals surface area contributed by atoms with E-state index in [0.717, 1.165) is 28.9 Å². The van der Waals surface area contributed by atoms with Crippen LogP contribution in [0.4, 0.5) is 5.69 Å². The van der Waals surface area contributed by atoms with E-state index in [1.54, 1.807) is 7.11 Å². The molecule has 0 saturated carbocycles. The molecule has 4 rings (SSSR count). The van der Waals surface area contributed by atoms with Gasteiger partial charge in [0, 0.05) is 54.7 Å². The maximum atomic E-state index is 12.6. The SMILES string of the molecule is COc1ccc(-c2noc(CCC(=O)N3CCN(c4cccc(Br)c4)CC3)n2)cc1. The molecule has 1 aliphatic heterocycles. The largest absolute Gasteiger partial charge is 0.497 e. The van der Waals surface area contributed by atoms with E-state index in [1.807, 2.05) is 41.3 Å². The fourth-order valence-corrected chi connectivity index (χ4v) is 3.86. The van der Waals surface area contributed by atoms with Gasteiger partial charge in [0.25, 0.3) is 0 Å². The Bertz CT molecular complexity index is 998. The van der Waals surface area contributed by atoms with Crippen molar-refractivity contribution in [2.45, 2.75) is 12.8 Å². The highest BCUT2D eigenvalue weighted by molar-refractivity contribution is 9.10. The topological polar surface area (TPSA) is 71.7 Å². The van der Waals surface area contributed by atoms with Crippen LogP contribution in [0.3, 0.4) is 0 Å². The quantitative estimate of drug-likeness (QED) is 0.545. The second-order valence-corrected chi connectivity index (χ2v) is 8.00. The van der Waals surface area contributed by atoms with Gasteiger partial charge in [0.2, 0.25) is 17.6 Å². The van der Waals surface area contributed by atoms with Crippen LogP contribution in [-0.2, 0) is 11.2 Å². The van der Waals surface area contributed by atoms with Gasteiger partial charge in [-0.3, -0.25) is 4.79 Å². The van der Waals surface area contributed by atoms with E-state index >= 15 is 0 Å². The Kier molecular flexibility index (Phi) is 6.32. The number of aromatic nitrogens is 2. The van der Waals surface area contributed by atoms with Crippen molar-refractivity contribution in [3.8, 4) is 17.1 Å². The summed E-state index contributed by atoms with van der Waals surface area (Å²) in [6.07, 6.45) is 0.801. The number of hydrogen-bond acceptors (Lipinski definition) is 6. The second-order valence-electron chi connectivity index (χ2n) is 7.09. The molecule has 0 atom stereocenters. The summed E-state index contributed by atoms with van der Waals surface area (Å²) in [5.41, 5.74) is 2.02. The van der Waals surface area contributed by atoms with Crippen molar-refractivity contribution in [1.82, 2.24) is 15.0 Å². The molecule has 0 spiro atoms. The zero-order valence-electron chi connectivity index (χ0n) is 16.8. The first-order valence-electron chi connectivity index (χ1n) is 9.87. The number of aryl methyl sites for hydroxylation is 1. The molecule has 3 aromatic rings. The summed E-state index contributed by atoms with van der Waals surface area (Å²) in [6.45, 7) is 3.08. The number of hydrogen-bond donors (Lipinski definition) is 0. The van der Waals surface area contributed by atoms with Gasteiger partial charge < -0.3 is 19.1 Å². The van der Waals surface area contributed by atoms with E-state index in [4.69, 9.17) is 9.26 Å². The number of nitrogens with zero attached hydrogens (tertiary/aromatic N) is 4. The van der Waals surface area contributed by atoms with Crippen molar-refractivity contribution < 1.29 is 14.1 Å². The number of carbonyl (C=O) groups excluding carboxylic acids is 1. The molecule has 2 heterocycles. The Morgan fingerprint density at radius 2 is 1.90 bits per heavy atom. The molecule has 0 unspecified atom stereocenters. The third kappa shape index (κ3) is 4.81. The molecular weight excluding hydrogens is 448 g/mol. The monoisotopic (exact) mass is 470 g/mol. The minimum absolute atomic E-state index is 0.119. The van der Waals surface area contributed by atoms with E-state index in [9.17, 15) is 4.79 Å². The average molecular weight is 471 g/mol. The van der Waals surface area contributed by atoms with Crippen LogP contribution in [0, 0.1) is 0 Å². The lowest BCUT2D eigenvalue weighted by atomic mass is 10.2. The molecule has 0 radical (unpaired) electrons. The number of halogens is 1. The summed E-state index contributed by atoms with van der Waals surface area (Å²) < 4.78 is 11.5. The Labute approximate surface area is 183 Å². The Hall–Kier alpha value is -2.87. The molecule has 1 aromatic heterocycles. The summed E-state index contributed by atoms with van der Waals surface area (Å²) in [6, 6.07) is 15.7. The smallest absolute Gasteiger partial charge is 0.227 e. The van der Waals surface area contributed by atoms with Crippen molar-refractivity contribution in [3.63, 3.8) is 0 Å². The first-order valence-corrected chi connectivity index (χ1v) is 10.7. The van der Waals surface area contributed by atoms with Crippen molar-refractivity contribution in [1.29, 1.82) is 0 Å². The zero-order chi connectivity index (χ0) is 20.9. The molecule has 2 aromatic carbocycles. The van der Waals surface area contributed by atoms with Gasteiger partial charge in [-0.2, -0.15) is 4.98 Å². The molecule has 0 aliphatic carbocycles. The molecule has 156 valence electrons. The number of piperazine rings is 1. The number of benzene rings is 2. The van der Waals surface area contributed by atoms with Gasteiger partial charge in [-0.15, -0.1) is 0 Å². The van der Waals surface area contributed by atoms with Crippen molar-refractivity contribution in [2.75, 3.05) is 38.2 Å². The molecule has 1 aliphatic rings. The standard InChI is InChI=1S/C22H23BrN4O3/c1-29-19-7-5-16(6-8-19)22-24-20(30-25-22)9-10-21(28)27-13-11-26(12-14-27)18-4-2-3-17(23)15-18/h2-8,15H,9-14H2,1H3. The minimum atomic E-state index is 0.119. The van der Waals surface area contributed by atoms with E-state index in [1.165, 1.54) is 5.69 Å². The van der Waals surface area contributed by atoms with Gasteiger partial charge in [0.05, 0.1) is 7.11 Å². The first-order chi connectivity index (χ1) is 14.6. The number of methoxy groups -OCH3 is 1. The van der Waals surface area contributed by atoms with Gasteiger partial charge in [-0.1, -0.05) is 27.2 Å². The van der Waals surface area contributed by atoms with Crippen LogP contribution in [0.15, 0.2) is 57.5 Å². The molecule has 7 nitrogen and oxygen atoms in total. The number of anilines is 1. The third-order valence-corrected chi connectivity index (χ3v) is 5.67. The Morgan fingerprint density at radius 3 is 2.60 bits per heavy atom. The maximum absolute atomic E-state index is 12.6. The Balaban J connectivity index is 1.27. The highest BCUT2D eigenvalue weighted by Crippen LogP contribution is 2.22. The predicted molar refractivity (Wildman–Crippen MR) is 118 cm³/mol. The number of amides is 1. The third-order valence-electron chi connectivity index (χ3n) is 5.17. The highest BCUT2D eigenvalue weighted by atomic mass is 79.9. The highest BCUT2D eigenvalue weighted by Gasteiger charge is 2.22. The van der Waals surface area contributed by atoms with Gasteiger partial charge in [0.15, 0.2) is 0 Å². The summed E-state index contributed by atoms with van der Waals surface area (Å²) in [4.78, 5) is 21.2. The number of ether oxygens (including phenoxy) is 1. The molecule has 8 heteroatoms. The molecule has 1 fully saturated rings. The molecular formula is C22H23BrN4O3. The van der Waals surface area contributed by atoms with Gasteiger partial charge in [-0.05, 0) is 42.5 Å².